The number of carbonyl (C=O) groups is 2. The first-order valence-electron chi connectivity index (χ1n) is 8.04. The highest BCUT2D eigenvalue weighted by Crippen LogP contribution is 2.50. The molecule has 1 saturated heterocycles. The highest BCUT2D eigenvalue weighted by atomic mass is 16.4. The van der Waals surface area contributed by atoms with Crippen LogP contribution in [0.3, 0.4) is 0 Å². The van der Waals surface area contributed by atoms with E-state index >= 15 is 0 Å². The molecule has 2 rings (SSSR count). The highest BCUT2D eigenvalue weighted by Gasteiger charge is 2.45. The van der Waals surface area contributed by atoms with Gasteiger partial charge in [0.15, 0.2) is 0 Å². The Morgan fingerprint density at radius 2 is 2.10 bits per heavy atom. The lowest BCUT2D eigenvalue weighted by Crippen LogP contribution is -2.47. The third-order valence-electron chi connectivity index (χ3n) is 5.26. The maximum absolute atomic E-state index is 12.2. The molecular formula is C16H28N2O3. The average molecular weight is 296 g/mol. The van der Waals surface area contributed by atoms with E-state index < -0.39 is 5.97 Å². The predicted octanol–water partition coefficient (Wildman–Crippen LogP) is 2.56. The summed E-state index contributed by atoms with van der Waals surface area (Å²) in [6, 6.07) is 0.0184. The molecule has 0 aromatic carbocycles. The van der Waals surface area contributed by atoms with E-state index in [1.54, 1.807) is 0 Å². The molecule has 2 N–H and O–H groups in total. The van der Waals surface area contributed by atoms with E-state index in [2.05, 4.69) is 19.2 Å². The molecule has 0 spiro atoms. The zero-order chi connectivity index (χ0) is 15.6. The molecular weight excluding hydrogens is 268 g/mol. The number of likely N-dealkylation sites (tertiary alicyclic amines) is 1. The third kappa shape index (κ3) is 4.35. The normalized spacial score (nSPS) is 28.8. The molecule has 1 heterocycles. The second-order valence-electron chi connectivity index (χ2n) is 7.50. The zero-order valence-corrected chi connectivity index (χ0v) is 13.4. The molecule has 1 aliphatic heterocycles. The summed E-state index contributed by atoms with van der Waals surface area (Å²) < 4.78 is 0. The number of rotatable bonds is 5. The molecule has 2 amide bonds. The van der Waals surface area contributed by atoms with Crippen LogP contribution in [-0.2, 0) is 4.79 Å². The van der Waals surface area contributed by atoms with E-state index in [1.807, 2.05) is 11.8 Å². The number of hydrogen-bond donors (Lipinski definition) is 2. The monoisotopic (exact) mass is 296 g/mol. The van der Waals surface area contributed by atoms with E-state index in [0.29, 0.717) is 23.8 Å². The van der Waals surface area contributed by atoms with Crippen LogP contribution in [0.2, 0.25) is 0 Å². The van der Waals surface area contributed by atoms with Crippen LogP contribution in [0, 0.1) is 23.2 Å². The van der Waals surface area contributed by atoms with Gasteiger partial charge in [0.1, 0.15) is 0 Å². The van der Waals surface area contributed by atoms with Crippen LogP contribution in [0.5, 0.6) is 0 Å². The van der Waals surface area contributed by atoms with Crippen molar-refractivity contribution in [3.8, 4) is 0 Å². The minimum atomic E-state index is -0.750. The van der Waals surface area contributed by atoms with Gasteiger partial charge in [-0.25, -0.2) is 4.79 Å². The van der Waals surface area contributed by atoms with E-state index in [9.17, 15) is 9.59 Å². The van der Waals surface area contributed by atoms with E-state index in [4.69, 9.17) is 5.11 Å². The van der Waals surface area contributed by atoms with Crippen LogP contribution in [-0.4, -0.2) is 41.6 Å². The maximum atomic E-state index is 12.2. The number of aliphatic carboxylic acids is 1. The Morgan fingerprint density at radius 1 is 1.43 bits per heavy atom. The smallest absolute Gasteiger partial charge is 0.317 e. The van der Waals surface area contributed by atoms with Crippen LogP contribution in [0.1, 0.15) is 46.5 Å². The van der Waals surface area contributed by atoms with Crippen LogP contribution in [0.4, 0.5) is 4.79 Å². The van der Waals surface area contributed by atoms with Gasteiger partial charge in [0.25, 0.3) is 0 Å². The second kappa shape index (κ2) is 6.24. The van der Waals surface area contributed by atoms with Crippen molar-refractivity contribution in [2.75, 3.05) is 19.6 Å². The molecule has 0 aromatic rings. The van der Waals surface area contributed by atoms with Crippen molar-refractivity contribution in [1.29, 1.82) is 0 Å². The van der Waals surface area contributed by atoms with Gasteiger partial charge < -0.3 is 15.3 Å². The molecule has 3 unspecified atom stereocenters. The number of hydrogen-bond acceptors (Lipinski definition) is 2. The summed E-state index contributed by atoms with van der Waals surface area (Å²) in [5.41, 5.74) is 0.383. The summed E-state index contributed by atoms with van der Waals surface area (Å²) in [7, 11) is 0. The lowest BCUT2D eigenvalue weighted by Gasteiger charge is -2.35. The van der Waals surface area contributed by atoms with E-state index in [0.717, 1.165) is 25.9 Å². The minimum Gasteiger partial charge on any atom is -0.481 e. The Balaban J connectivity index is 1.77. The third-order valence-corrected chi connectivity index (χ3v) is 5.26. The lowest BCUT2D eigenvalue weighted by molar-refractivity contribution is -0.138. The number of nitrogens with zero attached hydrogens (tertiary/aromatic N) is 1. The summed E-state index contributed by atoms with van der Waals surface area (Å²) in [5, 5.41) is 11.9. The fourth-order valence-corrected chi connectivity index (χ4v) is 3.35. The molecule has 5 heteroatoms. The lowest BCUT2D eigenvalue weighted by atomic mass is 9.85. The van der Waals surface area contributed by atoms with Crippen molar-refractivity contribution in [2.24, 2.45) is 23.2 Å². The highest BCUT2D eigenvalue weighted by molar-refractivity contribution is 5.74. The van der Waals surface area contributed by atoms with E-state index in [1.165, 1.54) is 6.42 Å². The Kier molecular flexibility index (Phi) is 4.79. The van der Waals surface area contributed by atoms with Gasteiger partial charge in [-0.15, -0.1) is 0 Å². The zero-order valence-electron chi connectivity index (χ0n) is 13.4. The van der Waals surface area contributed by atoms with Crippen molar-refractivity contribution in [3.63, 3.8) is 0 Å². The molecule has 0 radical (unpaired) electrons. The van der Waals surface area contributed by atoms with E-state index in [-0.39, 0.29) is 18.4 Å². The number of carbonyl (C=O) groups excluding carboxylic acids is 1. The van der Waals surface area contributed by atoms with Crippen LogP contribution >= 0.6 is 0 Å². The minimum absolute atomic E-state index is 0.0184. The van der Waals surface area contributed by atoms with Crippen LogP contribution in [0.25, 0.3) is 0 Å². The fourth-order valence-electron chi connectivity index (χ4n) is 3.35. The molecule has 5 nitrogen and oxygen atoms in total. The summed E-state index contributed by atoms with van der Waals surface area (Å²) in [4.78, 5) is 24.9. The SMILES string of the molecule is CC(CC(=O)O)C1CCCN(C(=O)NCC2CC2(C)C)C1. The summed E-state index contributed by atoms with van der Waals surface area (Å²) in [6.07, 6.45) is 3.37. The second-order valence-corrected chi connectivity index (χ2v) is 7.50. The molecule has 21 heavy (non-hydrogen) atoms. The van der Waals surface area contributed by atoms with Crippen molar-refractivity contribution >= 4 is 12.0 Å². The van der Waals surface area contributed by atoms with Gasteiger partial charge in [-0.2, -0.15) is 0 Å². The van der Waals surface area contributed by atoms with Crippen molar-refractivity contribution < 1.29 is 14.7 Å². The van der Waals surface area contributed by atoms with Gasteiger partial charge in [-0.3, -0.25) is 4.79 Å². The average Bonchev–Trinajstić information content (AvgIpc) is 3.03. The summed E-state index contributed by atoms with van der Waals surface area (Å²) in [6.45, 7) is 8.68. The Hall–Kier alpha value is -1.26. The Bertz CT molecular complexity index is 408. The first-order valence-corrected chi connectivity index (χ1v) is 8.04. The van der Waals surface area contributed by atoms with Crippen molar-refractivity contribution in [1.82, 2.24) is 10.2 Å². The number of carboxylic acid groups (broad SMARTS) is 1. The number of carboxylic acids is 1. The van der Waals surface area contributed by atoms with Crippen molar-refractivity contribution in [2.45, 2.75) is 46.5 Å². The van der Waals surface area contributed by atoms with Gasteiger partial charge in [-0.1, -0.05) is 20.8 Å². The topological polar surface area (TPSA) is 69.6 Å². The molecule has 0 aromatic heterocycles. The molecule has 2 aliphatic rings. The fraction of sp³-hybridized carbons (Fsp3) is 0.875. The number of piperidine rings is 1. The van der Waals surface area contributed by atoms with Crippen LogP contribution < -0.4 is 5.32 Å². The number of urea groups is 1. The van der Waals surface area contributed by atoms with Gasteiger partial charge >= 0.3 is 12.0 Å². The summed E-state index contributed by atoms with van der Waals surface area (Å²) >= 11 is 0. The van der Waals surface area contributed by atoms with Gasteiger partial charge in [0, 0.05) is 26.1 Å². The number of amides is 2. The van der Waals surface area contributed by atoms with Crippen molar-refractivity contribution in [3.05, 3.63) is 0 Å². The molecule has 1 saturated carbocycles. The maximum Gasteiger partial charge on any atom is 0.317 e. The quantitative estimate of drug-likeness (QED) is 0.819. The summed E-state index contributed by atoms with van der Waals surface area (Å²) in [5.74, 6) is 0.284. The molecule has 1 aliphatic carbocycles. The molecule has 120 valence electrons. The standard InChI is InChI=1S/C16H28N2O3/c1-11(7-14(19)20)12-5-4-6-18(10-12)15(21)17-9-13-8-16(13,2)3/h11-13H,4-10H2,1-3H3,(H,17,21)(H,19,20). The molecule has 3 atom stereocenters. The largest absolute Gasteiger partial charge is 0.481 e. The van der Waals surface area contributed by atoms with Crippen LogP contribution in [0.15, 0.2) is 0 Å². The Labute approximate surface area is 127 Å². The van der Waals surface area contributed by atoms with Gasteiger partial charge in [0.2, 0.25) is 0 Å². The molecule has 0 bridgehead atoms. The predicted molar refractivity (Wildman–Crippen MR) is 81.0 cm³/mol. The van der Waals surface area contributed by atoms with Gasteiger partial charge in [0.05, 0.1) is 0 Å². The number of nitrogens with one attached hydrogen (secondary N) is 1. The first kappa shape index (κ1) is 16.1. The Morgan fingerprint density at radius 3 is 2.67 bits per heavy atom. The molecule has 2 fully saturated rings. The first-order chi connectivity index (χ1) is 9.79. The van der Waals surface area contributed by atoms with Gasteiger partial charge in [-0.05, 0) is 42.4 Å².